The average molecular weight is 310 g/mol. The number of aromatic nitrogens is 3. The number of amides is 1. The van der Waals surface area contributed by atoms with Crippen molar-refractivity contribution >= 4 is 11.5 Å². The number of rotatable bonds is 5. The van der Waals surface area contributed by atoms with Crippen LogP contribution < -0.4 is 0 Å². The largest absolute Gasteiger partial charge is 0.337 e. The van der Waals surface area contributed by atoms with Gasteiger partial charge in [-0.3, -0.25) is 4.79 Å². The molecule has 1 aliphatic carbocycles. The molecular formula is C18H22N4O. The Labute approximate surface area is 136 Å². The van der Waals surface area contributed by atoms with Crippen molar-refractivity contribution in [2.75, 3.05) is 7.05 Å². The van der Waals surface area contributed by atoms with Crippen molar-refractivity contribution in [1.29, 1.82) is 0 Å². The van der Waals surface area contributed by atoms with Gasteiger partial charge in [-0.25, -0.2) is 0 Å². The van der Waals surface area contributed by atoms with Crippen LogP contribution in [0.3, 0.4) is 0 Å². The van der Waals surface area contributed by atoms with Gasteiger partial charge in [0.25, 0.3) is 0 Å². The van der Waals surface area contributed by atoms with Gasteiger partial charge in [-0.1, -0.05) is 35.9 Å². The van der Waals surface area contributed by atoms with Gasteiger partial charge in [0.05, 0.1) is 12.5 Å². The Bertz CT molecular complexity index is 745. The predicted molar refractivity (Wildman–Crippen MR) is 89.4 cm³/mol. The standard InChI is InChI=1S/C18H22N4O/c1-12(2)22-11-19-20-15(22)10-21(4)18(23)17-13(3)16(17)14-8-6-5-7-9-14/h5-9,11-12,17H,10H2,1-4H3/t17-/m1/s1. The van der Waals surface area contributed by atoms with Crippen LogP contribution in [0.5, 0.6) is 0 Å². The summed E-state index contributed by atoms with van der Waals surface area (Å²) in [7, 11) is 1.83. The molecule has 5 nitrogen and oxygen atoms in total. The van der Waals surface area contributed by atoms with Crippen molar-refractivity contribution in [1.82, 2.24) is 19.7 Å². The Balaban J connectivity index is 1.69. The fourth-order valence-corrected chi connectivity index (χ4v) is 2.97. The lowest BCUT2D eigenvalue weighted by Crippen LogP contribution is -2.30. The van der Waals surface area contributed by atoms with E-state index in [-0.39, 0.29) is 17.9 Å². The van der Waals surface area contributed by atoms with Crippen LogP contribution in [0.25, 0.3) is 5.57 Å². The number of nitrogens with zero attached hydrogens (tertiary/aromatic N) is 4. The summed E-state index contributed by atoms with van der Waals surface area (Å²) >= 11 is 0. The highest BCUT2D eigenvalue weighted by Crippen LogP contribution is 2.47. The Morgan fingerprint density at radius 1 is 1.30 bits per heavy atom. The first-order chi connectivity index (χ1) is 11.0. The third kappa shape index (κ3) is 2.91. The SMILES string of the molecule is CC1=C(c2ccccc2)[C@@H]1C(=O)N(C)Cc1nncn1C(C)C. The van der Waals surface area contributed by atoms with Gasteiger partial charge in [0.15, 0.2) is 5.82 Å². The molecule has 1 atom stereocenters. The molecule has 3 rings (SSSR count). The van der Waals surface area contributed by atoms with E-state index in [2.05, 4.69) is 36.2 Å². The van der Waals surface area contributed by atoms with E-state index >= 15 is 0 Å². The molecule has 0 saturated carbocycles. The second-order valence-corrected chi connectivity index (χ2v) is 6.34. The summed E-state index contributed by atoms with van der Waals surface area (Å²) < 4.78 is 2.00. The van der Waals surface area contributed by atoms with E-state index in [1.165, 1.54) is 5.57 Å². The molecule has 0 spiro atoms. The maximum Gasteiger partial charge on any atom is 0.234 e. The molecular weight excluding hydrogens is 288 g/mol. The average Bonchev–Trinajstić information content (AvgIpc) is 2.98. The smallest absolute Gasteiger partial charge is 0.234 e. The molecule has 0 radical (unpaired) electrons. The molecule has 0 unspecified atom stereocenters. The molecule has 5 heteroatoms. The summed E-state index contributed by atoms with van der Waals surface area (Å²) in [6.07, 6.45) is 1.72. The van der Waals surface area contributed by atoms with Crippen molar-refractivity contribution in [3.8, 4) is 0 Å². The Hall–Kier alpha value is -2.43. The Kier molecular flexibility index (Phi) is 4.03. The minimum Gasteiger partial charge on any atom is -0.337 e. The van der Waals surface area contributed by atoms with Crippen LogP contribution in [-0.2, 0) is 11.3 Å². The Morgan fingerprint density at radius 3 is 2.65 bits per heavy atom. The van der Waals surface area contributed by atoms with E-state index in [9.17, 15) is 4.79 Å². The summed E-state index contributed by atoms with van der Waals surface area (Å²) in [6.45, 7) is 6.67. The Morgan fingerprint density at radius 2 is 2.00 bits per heavy atom. The van der Waals surface area contributed by atoms with E-state index in [4.69, 9.17) is 0 Å². The first-order valence-corrected chi connectivity index (χ1v) is 7.90. The van der Waals surface area contributed by atoms with Gasteiger partial charge in [0.1, 0.15) is 6.33 Å². The molecule has 1 amide bonds. The molecule has 2 aromatic rings. The second kappa shape index (κ2) is 5.99. The zero-order valence-electron chi connectivity index (χ0n) is 14.0. The zero-order valence-corrected chi connectivity index (χ0v) is 14.0. The topological polar surface area (TPSA) is 51.0 Å². The lowest BCUT2D eigenvalue weighted by Gasteiger charge is -2.19. The number of hydrogen-bond donors (Lipinski definition) is 0. The van der Waals surface area contributed by atoms with E-state index in [1.807, 2.05) is 36.7 Å². The first kappa shape index (κ1) is 15.5. The number of hydrogen-bond acceptors (Lipinski definition) is 3. The van der Waals surface area contributed by atoms with E-state index < -0.39 is 0 Å². The minimum atomic E-state index is -0.0854. The maximum absolute atomic E-state index is 12.7. The molecule has 0 bridgehead atoms. The fraction of sp³-hybridized carbons (Fsp3) is 0.389. The van der Waals surface area contributed by atoms with Crippen molar-refractivity contribution < 1.29 is 4.79 Å². The van der Waals surface area contributed by atoms with Gasteiger partial charge in [-0.2, -0.15) is 0 Å². The molecule has 120 valence electrons. The molecule has 0 fully saturated rings. The summed E-state index contributed by atoms with van der Waals surface area (Å²) in [5.74, 6) is 0.855. The molecule has 1 heterocycles. The lowest BCUT2D eigenvalue weighted by molar-refractivity contribution is -0.131. The van der Waals surface area contributed by atoms with Gasteiger partial charge in [0, 0.05) is 13.1 Å². The van der Waals surface area contributed by atoms with Gasteiger partial charge in [-0.15, -0.1) is 10.2 Å². The molecule has 0 N–H and O–H groups in total. The zero-order chi connectivity index (χ0) is 16.6. The van der Waals surface area contributed by atoms with Gasteiger partial charge in [-0.05, 0) is 31.9 Å². The van der Waals surface area contributed by atoms with Crippen LogP contribution >= 0.6 is 0 Å². The molecule has 1 aliphatic rings. The van der Waals surface area contributed by atoms with Crippen molar-refractivity contribution in [3.05, 3.63) is 53.6 Å². The van der Waals surface area contributed by atoms with Crippen molar-refractivity contribution in [3.63, 3.8) is 0 Å². The van der Waals surface area contributed by atoms with Crippen LogP contribution in [-0.4, -0.2) is 32.6 Å². The maximum atomic E-state index is 12.7. The summed E-state index contributed by atoms with van der Waals surface area (Å²) in [4.78, 5) is 14.5. The molecule has 23 heavy (non-hydrogen) atoms. The van der Waals surface area contributed by atoms with E-state index in [0.717, 1.165) is 17.0 Å². The monoisotopic (exact) mass is 310 g/mol. The van der Waals surface area contributed by atoms with Crippen LogP contribution in [0.4, 0.5) is 0 Å². The third-order valence-corrected chi connectivity index (χ3v) is 4.35. The van der Waals surface area contributed by atoms with Crippen LogP contribution in [0.2, 0.25) is 0 Å². The highest BCUT2D eigenvalue weighted by Gasteiger charge is 2.41. The summed E-state index contributed by atoms with van der Waals surface area (Å²) in [5.41, 5.74) is 3.47. The van der Waals surface area contributed by atoms with Gasteiger partial charge in [0.2, 0.25) is 5.91 Å². The number of benzene rings is 1. The van der Waals surface area contributed by atoms with Crippen LogP contribution in [0, 0.1) is 5.92 Å². The molecule has 1 aromatic heterocycles. The summed E-state index contributed by atoms with van der Waals surface area (Å²) in [6, 6.07) is 10.4. The highest BCUT2D eigenvalue weighted by atomic mass is 16.2. The molecule has 0 saturated heterocycles. The molecule has 0 aliphatic heterocycles. The van der Waals surface area contributed by atoms with Crippen LogP contribution in [0.1, 0.15) is 38.2 Å². The van der Waals surface area contributed by atoms with Crippen molar-refractivity contribution in [2.45, 2.75) is 33.4 Å². The lowest BCUT2D eigenvalue weighted by atomic mass is 10.1. The summed E-state index contributed by atoms with van der Waals surface area (Å²) in [5, 5.41) is 8.10. The van der Waals surface area contributed by atoms with Crippen molar-refractivity contribution in [2.24, 2.45) is 5.92 Å². The predicted octanol–water partition coefficient (Wildman–Crippen LogP) is 2.92. The van der Waals surface area contributed by atoms with E-state index in [0.29, 0.717) is 6.54 Å². The fourth-order valence-electron chi connectivity index (χ4n) is 2.97. The van der Waals surface area contributed by atoms with Gasteiger partial charge >= 0.3 is 0 Å². The minimum absolute atomic E-state index is 0.0854. The van der Waals surface area contributed by atoms with Crippen LogP contribution in [0.15, 0.2) is 42.2 Å². The number of carbonyl (C=O) groups excluding carboxylic acids is 1. The second-order valence-electron chi connectivity index (χ2n) is 6.34. The van der Waals surface area contributed by atoms with Gasteiger partial charge < -0.3 is 9.47 Å². The third-order valence-electron chi connectivity index (χ3n) is 4.35. The highest BCUT2D eigenvalue weighted by molar-refractivity contribution is 6.05. The quantitative estimate of drug-likeness (QED) is 0.853. The van der Waals surface area contributed by atoms with E-state index in [1.54, 1.807) is 11.2 Å². The number of carbonyl (C=O) groups is 1. The molecule has 1 aromatic carbocycles. The first-order valence-electron chi connectivity index (χ1n) is 7.90. The normalized spacial score (nSPS) is 16.8.